The van der Waals surface area contributed by atoms with Crippen LogP contribution in [0, 0.1) is 5.92 Å². The summed E-state index contributed by atoms with van der Waals surface area (Å²) in [7, 11) is 0. The van der Waals surface area contributed by atoms with Crippen molar-refractivity contribution in [1.29, 1.82) is 0 Å². The van der Waals surface area contributed by atoms with Gasteiger partial charge in [-0.05, 0) is 19.4 Å². The maximum absolute atomic E-state index is 12.4. The lowest BCUT2D eigenvalue weighted by Gasteiger charge is -2.24. The van der Waals surface area contributed by atoms with Crippen LogP contribution in [0.2, 0.25) is 0 Å². The Morgan fingerprint density at radius 3 is 2.63 bits per heavy atom. The maximum atomic E-state index is 12.4. The molecule has 0 aliphatic rings. The van der Waals surface area contributed by atoms with Crippen molar-refractivity contribution in [3.05, 3.63) is 16.1 Å². The van der Waals surface area contributed by atoms with Gasteiger partial charge >= 0.3 is 0 Å². The highest BCUT2D eigenvalue weighted by molar-refractivity contribution is 7.09. The first-order valence-electron chi connectivity index (χ1n) is 7.09. The van der Waals surface area contributed by atoms with Gasteiger partial charge in [0.05, 0.1) is 5.01 Å². The molecule has 108 valence electrons. The van der Waals surface area contributed by atoms with E-state index in [1.165, 1.54) is 11.3 Å². The first-order valence-corrected chi connectivity index (χ1v) is 7.97. The zero-order valence-corrected chi connectivity index (χ0v) is 13.0. The summed E-state index contributed by atoms with van der Waals surface area (Å²) in [5.41, 5.74) is 6.08. The molecule has 0 saturated carbocycles. The fraction of sp³-hybridized carbons (Fsp3) is 0.714. The third kappa shape index (κ3) is 4.58. The molecule has 0 aliphatic carbocycles. The van der Waals surface area contributed by atoms with Crippen LogP contribution >= 0.6 is 11.3 Å². The summed E-state index contributed by atoms with van der Waals surface area (Å²) < 4.78 is 0. The SMILES string of the molecule is CCC(CC)CN(CC)C(=O)c1csc(CCN)n1. The molecule has 0 aromatic carbocycles. The number of hydrogen-bond acceptors (Lipinski definition) is 4. The minimum absolute atomic E-state index is 0.0499. The van der Waals surface area contributed by atoms with Crippen LogP contribution in [0.1, 0.15) is 49.1 Å². The lowest BCUT2D eigenvalue weighted by molar-refractivity contribution is 0.0729. The number of nitrogens with two attached hydrogens (primary N) is 1. The molecule has 0 unspecified atom stereocenters. The van der Waals surface area contributed by atoms with Crippen molar-refractivity contribution in [2.75, 3.05) is 19.6 Å². The van der Waals surface area contributed by atoms with Gasteiger partial charge < -0.3 is 10.6 Å². The van der Waals surface area contributed by atoms with Crippen LogP contribution in [-0.2, 0) is 6.42 Å². The highest BCUT2D eigenvalue weighted by Gasteiger charge is 2.19. The zero-order valence-electron chi connectivity index (χ0n) is 12.2. The van der Waals surface area contributed by atoms with Crippen molar-refractivity contribution >= 4 is 17.2 Å². The Balaban J connectivity index is 2.71. The van der Waals surface area contributed by atoms with E-state index in [1.54, 1.807) is 0 Å². The van der Waals surface area contributed by atoms with Crippen molar-refractivity contribution < 1.29 is 4.79 Å². The van der Waals surface area contributed by atoms with Gasteiger partial charge in [0.25, 0.3) is 5.91 Å². The predicted octanol–water partition coefficient (Wildman–Crippen LogP) is 2.54. The topological polar surface area (TPSA) is 59.2 Å². The number of amides is 1. The van der Waals surface area contributed by atoms with Gasteiger partial charge in [-0.3, -0.25) is 4.79 Å². The van der Waals surface area contributed by atoms with E-state index in [2.05, 4.69) is 18.8 Å². The molecule has 5 heteroatoms. The van der Waals surface area contributed by atoms with Crippen LogP contribution in [0.5, 0.6) is 0 Å². The van der Waals surface area contributed by atoms with E-state index in [1.807, 2.05) is 17.2 Å². The van der Waals surface area contributed by atoms with Crippen LogP contribution in [0.25, 0.3) is 0 Å². The highest BCUT2D eigenvalue weighted by Crippen LogP contribution is 2.15. The van der Waals surface area contributed by atoms with E-state index in [-0.39, 0.29) is 5.91 Å². The molecule has 0 spiro atoms. The Labute approximate surface area is 120 Å². The van der Waals surface area contributed by atoms with Gasteiger partial charge in [-0.2, -0.15) is 0 Å². The predicted molar refractivity (Wildman–Crippen MR) is 80.5 cm³/mol. The molecule has 1 heterocycles. The molecule has 1 amide bonds. The third-order valence-corrected chi connectivity index (χ3v) is 4.34. The molecule has 1 aromatic heterocycles. The molecule has 0 radical (unpaired) electrons. The van der Waals surface area contributed by atoms with Crippen molar-refractivity contribution in [2.45, 2.75) is 40.0 Å². The van der Waals surface area contributed by atoms with Crippen molar-refractivity contribution in [3.63, 3.8) is 0 Å². The molecular formula is C14H25N3OS. The van der Waals surface area contributed by atoms with E-state index < -0.39 is 0 Å². The minimum Gasteiger partial charge on any atom is -0.337 e. The Bertz CT molecular complexity index is 388. The van der Waals surface area contributed by atoms with Gasteiger partial charge in [-0.1, -0.05) is 26.7 Å². The zero-order chi connectivity index (χ0) is 14.3. The van der Waals surface area contributed by atoms with Gasteiger partial charge in [0.15, 0.2) is 0 Å². The van der Waals surface area contributed by atoms with E-state index in [9.17, 15) is 4.79 Å². The molecule has 4 nitrogen and oxygen atoms in total. The van der Waals surface area contributed by atoms with Crippen LogP contribution in [0.15, 0.2) is 5.38 Å². The first-order chi connectivity index (χ1) is 9.15. The van der Waals surface area contributed by atoms with E-state index in [0.29, 0.717) is 18.2 Å². The minimum atomic E-state index is 0.0499. The number of carbonyl (C=O) groups excluding carboxylic acids is 1. The fourth-order valence-electron chi connectivity index (χ4n) is 2.02. The molecule has 2 N–H and O–H groups in total. The van der Waals surface area contributed by atoms with Crippen molar-refractivity contribution in [3.8, 4) is 0 Å². The second-order valence-electron chi connectivity index (χ2n) is 4.69. The fourth-order valence-corrected chi connectivity index (χ4v) is 2.81. The average Bonchev–Trinajstić information content (AvgIpc) is 2.89. The van der Waals surface area contributed by atoms with Crippen LogP contribution in [0.3, 0.4) is 0 Å². The standard InChI is InChI=1S/C14H25N3OS/c1-4-11(5-2)9-17(6-3)14(18)12-10-19-13(16-12)7-8-15/h10-11H,4-9,15H2,1-3H3. The Morgan fingerprint density at radius 2 is 2.11 bits per heavy atom. The lowest BCUT2D eigenvalue weighted by Crippen LogP contribution is -2.35. The highest BCUT2D eigenvalue weighted by atomic mass is 32.1. The largest absolute Gasteiger partial charge is 0.337 e. The monoisotopic (exact) mass is 283 g/mol. The van der Waals surface area contributed by atoms with Gasteiger partial charge in [0.2, 0.25) is 0 Å². The summed E-state index contributed by atoms with van der Waals surface area (Å²) >= 11 is 1.52. The summed E-state index contributed by atoms with van der Waals surface area (Å²) in [4.78, 5) is 18.7. The molecule has 1 aromatic rings. The van der Waals surface area contributed by atoms with E-state index in [0.717, 1.165) is 37.4 Å². The number of aromatic nitrogens is 1. The maximum Gasteiger partial charge on any atom is 0.273 e. The Kier molecular flexibility index (Phi) is 7.02. The Hall–Kier alpha value is -0.940. The van der Waals surface area contributed by atoms with Crippen LogP contribution in [-0.4, -0.2) is 35.4 Å². The first kappa shape index (κ1) is 16.1. The van der Waals surface area contributed by atoms with Gasteiger partial charge in [0.1, 0.15) is 5.69 Å². The quantitative estimate of drug-likeness (QED) is 0.797. The van der Waals surface area contributed by atoms with Gasteiger partial charge in [-0.25, -0.2) is 4.98 Å². The molecule has 0 saturated heterocycles. The molecule has 0 atom stereocenters. The lowest BCUT2D eigenvalue weighted by atomic mass is 10.0. The summed E-state index contributed by atoms with van der Waals surface area (Å²) in [6, 6.07) is 0. The summed E-state index contributed by atoms with van der Waals surface area (Å²) in [5.74, 6) is 0.625. The van der Waals surface area contributed by atoms with Crippen LogP contribution < -0.4 is 5.73 Å². The number of carbonyl (C=O) groups is 1. The average molecular weight is 283 g/mol. The molecule has 0 aliphatic heterocycles. The van der Waals surface area contributed by atoms with Crippen molar-refractivity contribution in [2.24, 2.45) is 11.7 Å². The summed E-state index contributed by atoms with van der Waals surface area (Å²) in [6.07, 6.45) is 2.96. The third-order valence-electron chi connectivity index (χ3n) is 3.43. The number of hydrogen-bond donors (Lipinski definition) is 1. The summed E-state index contributed by atoms with van der Waals surface area (Å²) in [6.45, 7) is 8.51. The molecule has 1 rings (SSSR count). The Morgan fingerprint density at radius 1 is 1.42 bits per heavy atom. The summed E-state index contributed by atoms with van der Waals surface area (Å²) in [5, 5.41) is 2.80. The molecule has 0 bridgehead atoms. The number of nitrogens with zero attached hydrogens (tertiary/aromatic N) is 2. The van der Waals surface area contributed by atoms with Crippen molar-refractivity contribution in [1.82, 2.24) is 9.88 Å². The number of rotatable bonds is 8. The van der Waals surface area contributed by atoms with Crippen LogP contribution in [0.4, 0.5) is 0 Å². The smallest absolute Gasteiger partial charge is 0.273 e. The van der Waals surface area contributed by atoms with E-state index in [4.69, 9.17) is 5.73 Å². The molecular weight excluding hydrogens is 258 g/mol. The molecule has 0 fully saturated rings. The van der Waals surface area contributed by atoms with Gasteiger partial charge in [0, 0.05) is 24.9 Å². The normalized spacial score (nSPS) is 11.0. The second kappa shape index (κ2) is 8.27. The van der Waals surface area contributed by atoms with E-state index >= 15 is 0 Å². The second-order valence-corrected chi connectivity index (χ2v) is 5.63. The van der Waals surface area contributed by atoms with Gasteiger partial charge in [-0.15, -0.1) is 11.3 Å². The number of thiazole rings is 1. The molecule has 19 heavy (non-hydrogen) atoms.